The maximum absolute atomic E-state index is 11.7. The highest BCUT2D eigenvalue weighted by Crippen LogP contribution is 2.25. The Hall–Kier alpha value is -1.07. The topological polar surface area (TPSA) is 60.4 Å². The Morgan fingerprint density at radius 3 is 2.53 bits per heavy atom. The molecule has 0 aromatic heterocycles. The fourth-order valence-corrected chi connectivity index (χ4v) is 2.25. The van der Waals surface area contributed by atoms with Crippen LogP contribution in [0.4, 0.5) is 0 Å². The van der Waals surface area contributed by atoms with Crippen LogP contribution in [0.15, 0.2) is 18.2 Å². The summed E-state index contributed by atoms with van der Waals surface area (Å²) in [6.45, 7) is 1.50. The predicted octanol–water partition coefficient (Wildman–Crippen LogP) is 1.97. The van der Waals surface area contributed by atoms with Crippen LogP contribution < -0.4 is 4.74 Å². The van der Waals surface area contributed by atoms with E-state index in [1.54, 1.807) is 0 Å². The Balaban J connectivity index is 2.95. The van der Waals surface area contributed by atoms with Gasteiger partial charge in [-0.05, 0) is 18.2 Å². The van der Waals surface area contributed by atoms with Gasteiger partial charge in [0.2, 0.25) is 0 Å². The molecule has 4 nitrogen and oxygen atoms in total. The van der Waals surface area contributed by atoms with Crippen LogP contribution >= 0.6 is 11.6 Å². The van der Waals surface area contributed by atoms with Crippen molar-refractivity contribution in [2.75, 3.05) is 18.6 Å². The lowest BCUT2D eigenvalue weighted by Crippen LogP contribution is -2.17. The number of halogens is 1. The van der Waals surface area contributed by atoms with Crippen molar-refractivity contribution in [1.29, 1.82) is 0 Å². The molecule has 1 rings (SSSR count). The quantitative estimate of drug-likeness (QED) is 0.772. The number of ether oxygens (including phenoxy) is 1. The van der Waals surface area contributed by atoms with Gasteiger partial charge in [-0.1, -0.05) is 18.5 Å². The summed E-state index contributed by atoms with van der Waals surface area (Å²) in [7, 11) is -1.86. The van der Waals surface area contributed by atoms with Gasteiger partial charge in [0.1, 0.15) is 11.5 Å². The molecule has 94 valence electrons. The first kappa shape index (κ1) is 14.0. The lowest BCUT2D eigenvalue weighted by atomic mass is 10.1. The van der Waals surface area contributed by atoms with Crippen molar-refractivity contribution in [3.05, 3.63) is 28.8 Å². The van der Waals surface area contributed by atoms with Crippen molar-refractivity contribution >= 4 is 27.2 Å². The molecule has 0 spiro atoms. The van der Waals surface area contributed by atoms with Gasteiger partial charge in [-0.3, -0.25) is 4.79 Å². The van der Waals surface area contributed by atoms with E-state index >= 15 is 0 Å². The fourth-order valence-electron chi connectivity index (χ4n) is 1.22. The van der Waals surface area contributed by atoms with Crippen molar-refractivity contribution in [3.8, 4) is 5.75 Å². The second-order valence-corrected chi connectivity index (χ2v) is 6.21. The zero-order chi connectivity index (χ0) is 13.1. The van der Waals surface area contributed by atoms with Gasteiger partial charge in [0.25, 0.3) is 0 Å². The number of hydrogen-bond acceptors (Lipinski definition) is 4. The van der Waals surface area contributed by atoms with E-state index in [1.807, 2.05) is 0 Å². The number of carbonyl (C=O) groups excluding carboxylic acids is 1. The Bertz CT molecular complexity index is 522. The zero-order valence-corrected chi connectivity index (χ0v) is 11.1. The molecule has 0 radical (unpaired) electrons. The van der Waals surface area contributed by atoms with Crippen molar-refractivity contribution in [2.45, 2.75) is 6.92 Å². The first-order valence-corrected chi connectivity index (χ1v) is 7.16. The second kappa shape index (κ2) is 5.51. The van der Waals surface area contributed by atoms with Crippen LogP contribution in [0.3, 0.4) is 0 Å². The molecule has 0 aliphatic rings. The van der Waals surface area contributed by atoms with Gasteiger partial charge >= 0.3 is 0 Å². The van der Waals surface area contributed by atoms with Gasteiger partial charge in [-0.15, -0.1) is 0 Å². The molecule has 0 atom stereocenters. The average Bonchev–Trinajstić information content (AvgIpc) is 2.28. The number of benzene rings is 1. The molecular formula is C11H13ClO4S. The van der Waals surface area contributed by atoms with Gasteiger partial charge < -0.3 is 4.74 Å². The summed E-state index contributed by atoms with van der Waals surface area (Å²) < 4.78 is 27.6. The van der Waals surface area contributed by atoms with Crippen LogP contribution in [-0.2, 0) is 9.84 Å². The summed E-state index contributed by atoms with van der Waals surface area (Å²) in [5, 5.41) is 0.284. The van der Waals surface area contributed by atoms with E-state index in [-0.39, 0.29) is 16.3 Å². The highest BCUT2D eigenvalue weighted by Gasteiger charge is 2.17. The Labute approximate surface area is 105 Å². The molecule has 6 heteroatoms. The van der Waals surface area contributed by atoms with E-state index in [4.69, 9.17) is 16.3 Å². The average molecular weight is 277 g/mol. The molecule has 0 saturated heterocycles. The number of carbonyl (C=O) groups is 1. The van der Waals surface area contributed by atoms with E-state index in [0.29, 0.717) is 5.75 Å². The first-order valence-electron chi connectivity index (χ1n) is 4.96. The molecule has 17 heavy (non-hydrogen) atoms. The minimum atomic E-state index is -3.32. The third-order valence-corrected chi connectivity index (χ3v) is 4.14. The van der Waals surface area contributed by atoms with Crippen molar-refractivity contribution in [3.63, 3.8) is 0 Å². The Morgan fingerprint density at radius 1 is 1.41 bits per heavy atom. The van der Waals surface area contributed by atoms with Crippen LogP contribution in [0.1, 0.15) is 17.3 Å². The third-order valence-electron chi connectivity index (χ3n) is 2.26. The van der Waals surface area contributed by atoms with Crippen LogP contribution in [-0.4, -0.2) is 32.8 Å². The Morgan fingerprint density at radius 2 is 2.06 bits per heavy atom. The highest BCUT2D eigenvalue weighted by atomic mass is 35.5. The number of Topliss-reactive ketones (excluding diaryl/α,β-unsaturated/α-hetero) is 1. The highest BCUT2D eigenvalue weighted by molar-refractivity contribution is 7.92. The molecule has 0 aliphatic heterocycles. The van der Waals surface area contributed by atoms with Crippen molar-refractivity contribution in [2.24, 2.45) is 0 Å². The van der Waals surface area contributed by atoms with E-state index < -0.39 is 21.4 Å². The van der Waals surface area contributed by atoms with Gasteiger partial charge in [-0.25, -0.2) is 8.42 Å². The normalized spacial score (nSPS) is 11.2. The lowest BCUT2D eigenvalue weighted by Gasteiger charge is -2.05. The van der Waals surface area contributed by atoms with Crippen LogP contribution in [0.25, 0.3) is 0 Å². The maximum atomic E-state index is 11.7. The van der Waals surface area contributed by atoms with Crippen LogP contribution in [0.5, 0.6) is 5.75 Å². The minimum absolute atomic E-state index is 0.0529. The molecule has 1 aromatic carbocycles. The largest absolute Gasteiger partial charge is 0.495 e. The number of hydrogen-bond donors (Lipinski definition) is 0. The van der Waals surface area contributed by atoms with E-state index in [0.717, 1.165) is 0 Å². The summed E-state index contributed by atoms with van der Waals surface area (Å²) in [6, 6.07) is 4.44. The lowest BCUT2D eigenvalue weighted by molar-refractivity contribution is 0.102. The number of ketones is 1. The maximum Gasteiger partial charge on any atom is 0.177 e. The second-order valence-electron chi connectivity index (χ2n) is 3.45. The Kier molecular flexibility index (Phi) is 4.54. The number of methoxy groups -OCH3 is 1. The smallest absolute Gasteiger partial charge is 0.177 e. The third kappa shape index (κ3) is 3.71. The standard InChI is InChI=1S/C11H13ClO4S/c1-3-17(14,15)7-10(13)8-4-5-11(16-2)9(12)6-8/h4-6H,3,7H2,1-2H3. The summed E-state index contributed by atoms with van der Waals surface area (Å²) in [4.78, 5) is 11.7. The molecule has 0 fully saturated rings. The van der Waals surface area contributed by atoms with Crippen LogP contribution in [0, 0.1) is 0 Å². The summed E-state index contributed by atoms with van der Waals surface area (Å²) in [6.07, 6.45) is 0. The predicted molar refractivity (Wildman–Crippen MR) is 66.7 cm³/mol. The van der Waals surface area contributed by atoms with Gasteiger partial charge in [0, 0.05) is 11.3 Å². The monoisotopic (exact) mass is 276 g/mol. The van der Waals surface area contributed by atoms with Gasteiger partial charge in [-0.2, -0.15) is 0 Å². The molecule has 0 aliphatic carbocycles. The molecule has 0 N–H and O–H groups in total. The van der Waals surface area contributed by atoms with E-state index in [2.05, 4.69) is 0 Å². The van der Waals surface area contributed by atoms with Gasteiger partial charge in [0.05, 0.1) is 12.1 Å². The SMILES string of the molecule is CCS(=O)(=O)CC(=O)c1ccc(OC)c(Cl)c1. The fraction of sp³-hybridized carbons (Fsp3) is 0.364. The summed E-state index contributed by atoms with van der Waals surface area (Å²) in [5.74, 6) is -0.563. The number of sulfone groups is 1. The zero-order valence-electron chi connectivity index (χ0n) is 9.57. The van der Waals surface area contributed by atoms with E-state index in [9.17, 15) is 13.2 Å². The number of rotatable bonds is 5. The minimum Gasteiger partial charge on any atom is -0.495 e. The van der Waals surface area contributed by atoms with Gasteiger partial charge in [0.15, 0.2) is 15.6 Å². The molecule has 0 saturated carbocycles. The van der Waals surface area contributed by atoms with Crippen LogP contribution in [0.2, 0.25) is 5.02 Å². The molecular weight excluding hydrogens is 264 g/mol. The van der Waals surface area contributed by atoms with Crippen molar-refractivity contribution in [1.82, 2.24) is 0 Å². The molecule has 0 heterocycles. The molecule has 0 unspecified atom stereocenters. The summed E-state index contributed by atoms with van der Waals surface area (Å²) >= 11 is 5.85. The molecule has 0 amide bonds. The molecule has 0 bridgehead atoms. The summed E-state index contributed by atoms with van der Waals surface area (Å²) in [5.41, 5.74) is 0.271. The molecule has 1 aromatic rings. The van der Waals surface area contributed by atoms with E-state index in [1.165, 1.54) is 32.2 Å². The first-order chi connectivity index (χ1) is 7.89. The van der Waals surface area contributed by atoms with Crippen molar-refractivity contribution < 1.29 is 17.9 Å².